The van der Waals surface area contributed by atoms with E-state index in [0.29, 0.717) is 11.4 Å². The van der Waals surface area contributed by atoms with Gasteiger partial charge in [-0.3, -0.25) is 9.78 Å². The van der Waals surface area contributed by atoms with Gasteiger partial charge in [-0.1, -0.05) is 0 Å². The normalized spacial score (nSPS) is 16.3. The highest BCUT2D eigenvalue weighted by molar-refractivity contribution is 5.98. The van der Waals surface area contributed by atoms with Crippen molar-refractivity contribution in [2.24, 2.45) is 0 Å². The van der Waals surface area contributed by atoms with E-state index in [2.05, 4.69) is 15.0 Å². The first-order valence-corrected chi connectivity index (χ1v) is 8.92. The zero-order chi connectivity index (χ0) is 20.8. The smallest absolute Gasteiger partial charge is 0.363 e. The fraction of sp³-hybridized carbons (Fsp3) is 0.250. The van der Waals surface area contributed by atoms with Gasteiger partial charge in [-0.2, -0.15) is 13.2 Å². The average molecular weight is 401 g/mol. The lowest BCUT2D eigenvalue weighted by atomic mass is 10.0. The van der Waals surface area contributed by atoms with Gasteiger partial charge in [0.25, 0.3) is 5.91 Å². The first-order chi connectivity index (χ1) is 13.7. The number of hydrogen-bond donors (Lipinski definition) is 2. The number of aromatic nitrogens is 3. The highest BCUT2D eigenvalue weighted by atomic mass is 19.4. The molecule has 0 bridgehead atoms. The Hall–Kier alpha value is -3.36. The maximum atomic E-state index is 13.0. The van der Waals surface area contributed by atoms with Crippen LogP contribution in [0.2, 0.25) is 0 Å². The Morgan fingerprint density at radius 2 is 1.90 bits per heavy atom. The molecule has 0 fully saturated rings. The van der Waals surface area contributed by atoms with E-state index in [1.54, 1.807) is 24.5 Å². The topological polar surface area (TPSA) is 73.9 Å². The van der Waals surface area contributed by atoms with Crippen molar-refractivity contribution in [2.75, 3.05) is 19.0 Å². The molecular formula is C20H18F3N5O. The molecule has 29 heavy (non-hydrogen) atoms. The molecule has 150 valence electrons. The van der Waals surface area contributed by atoms with Gasteiger partial charge in [-0.05, 0) is 30.3 Å². The lowest BCUT2D eigenvalue weighted by molar-refractivity contribution is -0.153. The van der Waals surface area contributed by atoms with Crippen molar-refractivity contribution in [3.05, 3.63) is 54.0 Å². The molecule has 0 saturated heterocycles. The van der Waals surface area contributed by atoms with Crippen molar-refractivity contribution in [1.82, 2.24) is 20.3 Å². The Balaban J connectivity index is 1.65. The van der Waals surface area contributed by atoms with Crippen LogP contribution in [-0.2, 0) is 6.42 Å². The summed E-state index contributed by atoms with van der Waals surface area (Å²) in [6, 6.07) is 7.01. The number of fused-ring (bicyclic) bond motifs is 1. The van der Waals surface area contributed by atoms with E-state index in [1.165, 1.54) is 0 Å². The summed E-state index contributed by atoms with van der Waals surface area (Å²) < 4.78 is 39.0. The number of amides is 1. The number of anilines is 1. The maximum Gasteiger partial charge on any atom is 0.409 e. The number of rotatable bonds is 3. The van der Waals surface area contributed by atoms with Crippen LogP contribution < -0.4 is 10.2 Å². The van der Waals surface area contributed by atoms with Crippen LogP contribution >= 0.6 is 0 Å². The fourth-order valence-electron chi connectivity index (χ4n) is 3.26. The van der Waals surface area contributed by atoms with Crippen LogP contribution in [0.5, 0.6) is 0 Å². The molecule has 1 atom stereocenters. The number of nitrogens with zero attached hydrogens (tertiary/aromatic N) is 3. The zero-order valence-electron chi connectivity index (χ0n) is 15.7. The van der Waals surface area contributed by atoms with Gasteiger partial charge in [-0.15, -0.1) is 0 Å². The van der Waals surface area contributed by atoms with Crippen LogP contribution in [0.25, 0.3) is 22.5 Å². The van der Waals surface area contributed by atoms with Gasteiger partial charge >= 0.3 is 6.18 Å². The second kappa shape index (κ2) is 6.91. The lowest BCUT2D eigenvalue weighted by Gasteiger charge is -2.25. The van der Waals surface area contributed by atoms with Gasteiger partial charge in [0.1, 0.15) is 11.9 Å². The van der Waals surface area contributed by atoms with Crippen LogP contribution in [0.4, 0.5) is 19.0 Å². The number of H-pyrrole nitrogens is 1. The molecule has 0 aromatic carbocycles. The third-order valence-electron chi connectivity index (χ3n) is 4.83. The number of alkyl halides is 3. The van der Waals surface area contributed by atoms with E-state index in [9.17, 15) is 18.0 Å². The van der Waals surface area contributed by atoms with Crippen LogP contribution in [0, 0.1) is 0 Å². The molecule has 4 heterocycles. The van der Waals surface area contributed by atoms with Gasteiger partial charge in [0.2, 0.25) is 0 Å². The van der Waals surface area contributed by atoms with Crippen LogP contribution in [0.1, 0.15) is 16.1 Å². The van der Waals surface area contributed by atoms with E-state index in [4.69, 9.17) is 0 Å². The minimum atomic E-state index is -4.49. The molecule has 6 nitrogen and oxygen atoms in total. The summed E-state index contributed by atoms with van der Waals surface area (Å²) >= 11 is 0. The molecule has 1 unspecified atom stereocenters. The predicted molar refractivity (Wildman–Crippen MR) is 103 cm³/mol. The second-order valence-corrected chi connectivity index (χ2v) is 7.08. The van der Waals surface area contributed by atoms with E-state index in [0.717, 1.165) is 16.9 Å². The number of pyridine rings is 2. The Morgan fingerprint density at radius 3 is 2.55 bits per heavy atom. The molecule has 0 aliphatic carbocycles. The third-order valence-corrected chi connectivity index (χ3v) is 4.83. The predicted octanol–water partition coefficient (Wildman–Crippen LogP) is 3.42. The summed E-state index contributed by atoms with van der Waals surface area (Å²) in [5, 5.41) is 2.02. The summed E-state index contributed by atoms with van der Waals surface area (Å²) in [5.74, 6) is 0.0843. The summed E-state index contributed by atoms with van der Waals surface area (Å²) in [6.07, 6.45) is -1.49. The first-order valence-electron chi connectivity index (χ1n) is 8.92. The van der Waals surface area contributed by atoms with Crippen molar-refractivity contribution < 1.29 is 18.0 Å². The molecule has 9 heteroatoms. The maximum absolute atomic E-state index is 13.0. The van der Waals surface area contributed by atoms with E-state index in [1.807, 2.05) is 42.5 Å². The number of carbonyl (C=O) groups excluding carboxylic acids is 1. The van der Waals surface area contributed by atoms with Crippen molar-refractivity contribution in [1.29, 1.82) is 0 Å². The molecule has 0 spiro atoms. The summed E-state index contributed by atoms with van der Waals surface area (Å²) in [7, 11) is 3.79. The molecule has 1 amide bonds. The van der Waals surface area contributed by atoms with Gasteiger partial charge < -0.3 is 15.2 Å². The molecule has 0 radical (unpaired) electrons. The van der Waals surface area contributed by atoms with E-state index >= 15 is 0 Å². The number of aromatic amines is 1. The molecular weight excluding hydrogens is 383 g/mol. The minimum Gasteiger partial charge on any atom is -0.363 e. The van der Waals surface area contributed by atoms with Crippen LogP contribution in [-0.4, -0.2) is 47.2 Å². The third kappa shape index (κ3) is 3.67. The summed E-state index contributed by atoms with van der Waals surface area (Å²) in [4.78, 5) is 25.7. The molecule has 1 aliphatic heterocycles. The second-order valence-electron chi connectivity index (χ2n) is 7.08. The fourth-order valence-corrected chi connectivity index (χ4v) is 3.26. The van der Waals surface area contributed by atoms with Crippen molar-refractivity contribution in [3.63, 3.8) is 0 Å². The highest BCUT2D eigenvalue weighted by Gasteiger charge is 2.44. The lowest BCUT2D eigenvalue weighted by Crippen LogP contribution is -2.49. The summed E-state index contributed by atoms with van der Waals surface area (Å²) in [5.41, 5.74) is 3.28. The van der Waals surface area contributed by atoms with Crippen molar-refractivity contribution >= 4 is 11.7 Å². The Kier molecular flexibility index (Phi) is 4.52. The monoisotopic (exact) mass is 401 g/mol. The molecule has 3 aromatic rings. The van der Waals surface area contributed by atoms with Crippen LogP contribution in [0.15, 0.2) is 42.7 Å². The van der Waals surface area contributed by atoms with Gasteiger partial charge in [-0.25, -0.2) is 4.98 Å². The number of nitrogens with one attached hydrogen (secondary N) is 2. The molecule has 2 N–H and O–H groups in total. The number of carbonyl (C=O) groups is 1. The molecule has 3 aromatic heterocycles. The standard InChI is InChI=1S/C20H18F3N5O/c1-28(2)18-4-3-12(10-25-18)14-7-11(5-6-24-14)15-8-13-16(26-15)9-17(20(21,22)23)27-19(13)29/h3-8,10,17,26H,9H2,1-2H3,(H,27,29). The van der Waals surface area contributed by atoms with Gasteiger partial charge in [0, 0.05) is 55.4 Å². The van der Waals surface area contributed by atoms with Gasteiger partial charge in [0.15, 0.2) is 0 Å². The van der Waals surface area contributed by atoms with Crippen LogP contribution in [0.3, 0.4) is 0 Å². The quantitative estimate of drug-likeness (QED) is 0.705. The van der Waals surface area contributed by atoms with Crippen molar-refractivity contribution in [2.45, 2.75) is 18.6 Å². The number of halogens is 3. The SMILES string of the molecule is CN(C)c1ccc(-c2cc(-c3cc4c([nH]3)CC(C(F)(F)F)NC4=O)ccn2)cn1. The van der Waals surface area contributed by atoms with E-state index in [-0.39, 0.29) is 17.7 Å². The molecule has 1 aliphatic rings. The van der Waals surface area contributed by atoms with Crippen molar-refractivity contribution in [3.8, 4) is 22.5 Å². The van der Waals surface area contributed by atoms with Gasteiger partial charge in [0.05, 0.1) is 11.3 Å². The first kappa shape index (κ1) is 19.0. The Bertz CT molecular complexity index is 1060. The average Bonchev–Trinajstić information content (AvgIpc) is 3.12. The number of hydrogen-bond acceptors (Lipinski definition) is 4. The highest BCUT2D eigenvalue weighted by Crippen LogP contribution is 2.31. The Labute approximate surface area is 164 Å². The zero-order valence-corrected chi connectivity index (χ0v) is 15.7. The summed E-state index contributed by atoms with van der Waals surface area (Å²) in [6.45, 7) is 0. The largest absolute Gasteiger partial charge is 0.409 e. The Morgan fingerprint density at radius 1 is 1.10 bits per heavy atom. The molecule has 0 saturated carbocycles. The minimum absolute atomic E-state index is 0.232. The molecule has 4 rings (SSSR count). The van der Waals surface area contributed by atoms with E-state index < -0.39 is 18.1 Å².